The molecule has 0 bridgehead atoms. The summed E-state index contributed by atoms with van der Waals surface area (Å²) in [6, 6.07) is 13.8. The Bertz CT molecular complexity index is 987. The lowest BCUT2D eigenvalue weighted by Crippen LogP contribution is -2.34. The molecule has 8 heteroatoms. The van der Waals surface area contributed by atoms with Crippen molar-refractivity contribution >= 4 is 60.8 Å². The smallest absolute Gasteiger partial charge is 0.260 e. The highest BCUT2D eigenvalue weighted by atomic mass is 79.9. The van der Waals surface area contributed by atoms with Crippen molar-refractivity contribution < 1.29 is 4.79 Å². The van der Waals surface area contributed by atoms with Crippen molar-refractivity contribution in [1.82, 2.24) is 15.1 Å². The minimum atomic E-state index is -0.310. The molecule has 0 aliphatic heterocycles. The van der Waals surface area contributed by atoms with Crippen molar-refractivity contribution in [3.8, 4) is 11.1 Å². The molecule has 2 aromatic carbocycles. The minimum absolute atomic E-state index is 0.214. The number of hydrogen-bond acceptors (Lipinski definition) is 3. The molecule has 0 spiro atoms. The summed E-state index contributed by atoms with van der Waals surface area (Å²) >= 11 is 12.4. The molecule has 1 amide bonds. The van der Waals surface area contributed by atoms with Gasteiger partial charge in [-0.15, -0.1) is 0 Å². The van der Waals surface area contributed by atoms with Crippen LogP contribution >= 0.6 is 44.1 Å². The summed E-state index contributed by atoms with van der Waals surface area (Å²) in [6.45, 7) is 0. The molecular formula is C18H14Br2N4OS. The lowest BCUT2D eigenvalue weighted by atomic mass is 10.1. The third-order valence-corrected chi connectivity index (χ3v) is 5.13. The van der Waals surface area contributed by atoms with Gasteiger partial charge in [0.25, 0.3) is 5.91 Å². The van der Waals surface area contributed by atoms with Crippen molar-refractivity contribution in [2.24, 2.45) is 7.05 Å². The number of aromatic nitrogens is 2. The highest BCUT2D eigenvalue weighted by Gasteiger charge is 2.12. The minimum Gasteiger partial charge on any atom is -0.331 e. The van der Waals surface area contributed by atoms with Crippen LogP contribution in [-0.2, 0) is 7.05 Å². The van der Waals surface area contributed by atoms with E-state index in [1.165, 1.54) is 6.20 Å². The maximum Gasteiger partial charge on any atom is 0.260 e. The molecule has 132 valence electrons. The molecule has 3 rings (SSSR count). The Morgan fingerprint density at radius 2 is 1.96 bits per heavy atom. The second kappa shape index (κ2) is 8.11. The third kappa shape index (κ3) is 4.38. The highest BCUT2D eigenvalue weighted by molar-refractivity contribution is 9.11. The second-order valence-corrected chi connectivity index (χ2v) is 7.61. The van der Waals surface area contributed by atoms with Crippen molar-refractivity contribution in [2.75, 3.05) is 5.32 Å². The average Bonchev–Trinajstić information content (AvgIpc) is 3.03. The average molecular weight is 494 g/mol. The molecule has 0 fully saturated rings. The number of carbonyl (C=O) groups excluding carboxylic acids is 1. The zero-order valence-electron chi connectivity index (χ0n) is 13.7. The third-order valence-electron chi connectivity index (χ3n) is 3.58. The normalized spacial score (nSPS) is 10.4. The Morgan fingerprint density at radius 1 is 1.19 bits per heavy atom. The molecule has 0 aliphatic rings. The number of thiocarbonyl (C=S) groups is 1. The van der Waals surface area contributed by atoms with Crippen LogP contribution in [0, 0.1) is 0 Å². The first-order valence-electron chi connectivity index (χ1n) is 7.59. The number of anilines is 1. The first-order valence-corrected chi connectivity index (χ1v) is 9.59. The maximum atomic E-state index is 12.2. The van der Waals surface area contributed by atoms with Gasteiger partial charge < -0.3 is 5.32 Å². The lowest BCUT2D eigenvalue weighted by Gasteiger charge is -2.13. The van der Waals surface area contributed by atoms with E-state index in [2.05, 4.69) is 47.6 Å². The van der Waals surface area contributed by atoms with Crippen LogP contribution in [0.25, 0.3) is 11.1 Å². The summed E-state index contributed by atoms with van der Waals surface area (Å²) in [6.07, 6.45) is 3.11. The first-order chi connectivity index (χ1) is 12.4. The molecule has 2 N–H and O–H groups in total. The lowest BCUT2D eigenvalue weighted by molar-refractivity contribution is 0.0977. The number of carbonyl (C=O) groups is 1. The summed E-state index contributed by atoms with van der Waals surface area (Å²) in [4.78, 5) is 12.2. The van der Waals surface area contributed by atoms with E-state index in [4.69, 9.17) is 12.2 Å². The van der Waals surface area contributed by atoms with E-state index in [1.54, 1.807) is 17.9 Å². The predicted molar refractivity (Wildman–Crippen MR) is 114 cm³/mol. The van der Waals surface area contributed by atoms with Crippen LogP contribution in [0.5, 0.6) is 0 Å². The van der Waals surface area contributed by atoms with Crippen LogP contribution in [0.4, 0.5) is 5.69 Å². The van der Waals surface area contributed by atoms with Crippen LogP contribution < -0.4 is 10.6 Å². The molecular weight excluding hydrogens is 480 g/mol. The van der Waals surface area contributed by atoms with Gasteiger partial charge in [-0.25, -0.2) is 0 Å². The maximum absolute atomic E-state index is 12.2. The molecule has 0 unspecified atom stereocenters. The molecule has 0 atom stereocenters. The number of nitrogens with zero attached hydrogens (tertiary/aromatic N) is 2. The van der Waals surface area contributed by atoms with Gasteiger partial charge >= 0.3 is 0 Å². The summed E-state index contributed by atoms with van der Waals surface area (Å²) < 4.78 is 3.42. The molecule has 5 nitrogen and oxygen atoms in total. The van der Waals surface area contributed by atoms with Gasteiger partial charge in [0.15, 0.2) is 5.11 Å². The number of rotatable bonds is 3. The van der Waals surface area contributed by atoms with Crippen molar-refractivity contribution in [1.29, 1.82) is 0 Å². The van der Waals surface area contributed by atoms with E-state index in [0.717, 1.165) is 25.8 Å². The fraction of sp³-hybridized carbons (Fsp3) is 0.0556. The van der Waals surface area contributed by atoms with E-state index >= 15 is 0 Å². The zero-order valence-corrected chi connectivity index (χ0v) is 17.7. The summed E-state index contributed by atoms with van der Waals surface area (Å²) in [5.41, 5.74) is 3.27. The van der Waals surface area contributed by atoms with Gasteiger partial charge in [-0.3, -0.25) is 14.8 Å². The fourth-order valence-electron chi connectivity index (χ4n) is 2.37. The van der Waals surface area contributed by atoms with Crippen LogP contribution in [0.1, 0.15) is 10.4 Å². The number of nitrogens with one attached hydrogen (secondary N) is 2. The Balaban J connectivity index is 1.76. The Kier molecular flexibility index (Phi) is 5.85. The van der Waals surface area contributed by atoms with Gasteiger partial charge in [-0.2, -0.15) is 5.10 Å². The summed E-state index contributed by atoms with van der Waals surface area (Å²) in [5.74, 6) is -0.310. The topological polar surface area (TPSA) is 59.0 Å². The van der Waals surface area contributed by atoms with Crippen molar-refractivity contribution in [3.05, 3.63) is 69.4 Å². The standard InChI is InChI=1S/C18H14Br2N4OS/c1-24-10-12(9-21-24)17(25)23-18(26)22-15-7-3-6-14(16(15)20)11-4-2-5-13(19)8-11/h2-10H,1H3,(H2,22,23,25,26). The Hall–Kier alpha value is -2.03. The number of aryl methyl sites for hydroxylation is 1. The highest BCUT2D eigenvalue weighted by Crippen LogP contribution is 2.35. The fourth-order valence-corrected chi connectivity index (χ4v) is 3.57. The first kappa shape index (κ1) is 18.8. The zero-order chi connectivity index (χ0) is 18.7. The molecule has 0 saturated heterocycles. The van der Waals surface area contributed by atoms with E-state index in [0.29, 0.717) is 5.56 Å². The van der Waals surface area contributed by atoms with Crippen molar-refractivity contribution in [3.63, 3.8) is 0 Å². The molecule has 26 heavy (non-hydrogen) atoms. The number of hydrogen-bond donors (Lipinski definition) is 2. The Labute approximate surface area is 173 Å². The van der Waals surface area contributed by atoms with Crippen molar-refractivity contribution in [2.45, 2.75) is 0 Å². The molecule has 3 aromatic rings. The van der Waals surface area contributed by atoms with Gasteiger partial charge in [0.05, 0.1) is 17.4 Å². The molecule has 1 heterocycles. The predicted octanol–water partition coefficient (Wildman–Crippen LogP) is 4.74. The van der Waals surface area contributed by atoms with Gasteiger partial charge in [0, 0.05) is 22.2 Å². The van der Waals surface area contributed by atoms with Crippen LogP contribution in [0.3, 0.4) is 0 Å². The SMILES string of the molecule is Cn1cc(C(=O)NC(=S)Nc2cccc(-c3cccc(Br)c3)c2Br)cn1. The molecule has 0 radical (unpaired) electrons. The van der Waals surface area contributed by atoms with Gasteiger partial charge in [-0.1, -0.05) is 40.2 Å². The summed E-state index contributed by atoms with van der Waals surface area (Å²) in [5, 5.41) is 9.90. The van der Waals surface area contributed by atoms with Gasteiger partial charge in [0.2, 0.25) is 0 Å². The van der Waals surface area contributed by atoms with Crippen LogP contribution in [0.15, 0.2) is 63.8 Å². The quantitative estimate of drug-likeness (QED) is 0.517. The van der Waals surface area contributed by atoms with Gasteiger partial charge in [-0.05, 0) is 57.5 Å². The van der Waals surface area contributed by atoms with Gasteiger partial charge in [0.1, 0.15) is 0 Å². The largest absolute Gasteiger partial charge is 0.331 e. The Morgan fingerprint density at radius 3 is 2.65 bits per heavy atom. The molecule has 1 aromatic heterocycles. The number of benzene rings is 2. The number of halogens is 2. The van der Waals surface area contributed by atoms with Crippen LogP contribution in [-0.4, -0.2) is 20.8 Å². The monoisotopic (exact) mass is 492 g/mol. The molecule has 0 aliphatic carbocycles. The van der Waals surface area contributed by atoms with E-state index < -0.39 is 0 Å². The van der Waals surface area contributed by atoms with E-state index in [9.17, 15) is 4.79 Å². The summed E-state index contributed by atoms with van der Waals surface area (Å²) in [7, 11) is 1.75. The number of amides is 1. The molecule has 0 saturated carbocycles. The van der Waals surface area contributed by atoms with E-state index in [1.807, 2.05) is 42.5 Å². The second-order valence-electron chi connectivity index (χ2n) is 5.49. The van der Waals surface area contributed by atoms with Crippen LogP contribution in [0.2, 0.25) is 0 Å². The van der Waals surface area contributed by atoms with E-state index in [-0.39, 0.29) is 11.0 Å².